The summed E-state index contributed by atoms with van der Waals surface area (Å²) in [6.07, 6.45) is 2.60. The van der Waals surface area contributed by atoms with Gasteiger partial charge in [0.2, 0.25) is 0 Å². The first-order chi connectivity index (χ1) is 14.2. The molecule has 0 aliphatic heterocycles. The van der Waals surface area contributed by atoms with Gasteiger partial charge in [-0.05, 0) is 41.8 Å². The first-order valence-corrected chi connectivity index (χ1v) is 9.59. The Labute approximate surface area is 172 Å². The van der Waals surface area contributed by atoms with E-state index in [0.29, 0.717) is 18.7 Å². The Morgan fingerprint density at radius 1 is 0.931 bits per heavy atom. The number of carbonyl (C=O) groups is 1. The minimum atomic E-state index is -0.401. The van der Waals surface area contributed by atoms with Crippen LogP contribution in [0.25, 0.3) is 0 Å². The quantitative estimate of drug-likeness (QED) is 0.511. The third-order valence-electron chi connectivity index (χ3n) is 5.04. The molecule has 148 valence electrons. The lowest BCUT2D eigenvalue weighted by Gasteiger charge is -2.34. The summed E-state index contributed by atoms with van der Waals surface area (Å²) < 4.78 is 5.15. The smallest absolute Gasteiger partial charge is 0.319 e. The summed E-state index contributed by atoms with van der Waals surface area (Å²) in [7, 11) is 1.61. The molecule has 3 aromatic carbocycles. The number of anilines is 1. The van der Waals surface area contributed by atoms with Gasteiger partial charge >= 0.3 is 6.03 Å². The molecule has 0 saturated heterocycles. The lowest BCUT2D eigenvalue weighted by atomic mass is 9.72. The monoisotopic (exact) mass is 386 g/mol. The Balaban J connectivity index is 1.83. The Morgan fingerprint density at radius 2 is 1.48 bits per heavy atom. The highest BCUT2D eigenvalue weighted by Gasteiger charge is 2.33. The summed E-state index contributed by atoms with van der Waals surface area (Å²) in [5, 5.41) is 5.93. The summed E-state index contributed by atoms with van der Waals surface area (Å²) in [5.41, 5.74) is 2.57. The van der Waals surface area contributed by atoms with Gasteiger partial charge in [-0.2, -0.15) is 0 Å². The van der Waals surface area contributed by atoms with E-state index in [9.17, 15) is 4.79 Å². The van der Waals surface area contributed by atoms with Gasteiger partial charge in [-0.25, -0.2) is 4.79 Å². The van der Waals surface area contributed by atoms with Gasteiger partial charge < -0.3 is 15.4 Å². The predicted molar refractivity (Wildman–Crippen MR) is 118 cm³/mol. The van der Waals surface area contributed by atoms with E-state index in [2.05, 4.69) is 41.5 Å². The predicted octanol–water partition coefficient (Wildman–Crippen LogP) is 5.38. The van der Waals surface area contributed by atoms with Gasteiger partial charge in [-0.3, -0.25) is 0 Å². The Kier molecular flexibility index (Phi) is 6.69. The summed E-state index contributed by atoms with van der Waals surface area (Å²) in [6.45, 7) is 4.41. The molecule has 2 N–H and O–H groups in total. The van der Waals surface area contributed by atoms with E-state index in [1.54, 1.807) is 7.11 Å². The van der Waals surface area contributed by atoms with Crippen LogP contribution in [0.5, 0.6) is 5.75 Å². The van der Waals surface area contributed by atoms with Crippen LogP contribution in [0.3, 0.4) is 0 Å². The highest BCUT2D eigenvalue weighted by molar-refractivity contribution is 5.89. The van der Waals surface area contributed by atoms with Gasteiger partial charge in [0.25, 0.3) is 0 Å². The van der Waals surface area contributed by atoms with Gasteiger partial charge in [-0.1, -0.05) is 66.7 Å². The summed E-state index contributed by atoms with van der Waals surface area (Å²) in [5.74, 6) is 0.745. The molecule has 29 heavy (non-hydrogen) atoms. The number of allylic oxidation sites excluding steroid dienone is 1. The Hall–Kier alpha value is -3.53. The van der Waals surface area contributed by atoms with Crippen LogP contribution < -0.4 is 15.4 Å². The van der Waals surface area contributed by atoms with Crippen LogP contribution >= 0.6 is 0 Å². The molecule has 4 nitrogen and oxygen atoms in total. The standard InChI is InChI=1S/C25H26N2O2/c1-3-18-25(20-10-6-4-7-11-20,21-12-8-5-9-13-21)19-26-24(28)27-22-14-16-23(29-2)17-15-22/h3-17H,1,18-19H2,2H3,(H2,26,27,28). The third kappa shape index (κ3) is 4.85. The molecule has 0 radical (unpaired) electrons. The van der Waals surface area contributed by atoms with Crippen molar-refractivity contribution in [3.63, 3.8) is 0 Å². The third-order valence-corrected chi connectivity index (χ3v) is 5.04. The molecular formula is C25H26N2O2. The van der Waals surface area contributed by atoms with E-state index in [0.717, 1.165) is 16.9 Å². The van der Waals surface area contributed by atoms with E-state index in [4.69, 9.17) is 4.74 Å². The minimum absolute atomic E-state index is 0.254. The minimum Gasteiger partial charge on any atom is -0.497 e. The molecule has 0 heterocycles. The van der Waals surface area contributed by atoms with Crippen LogP contribution in [-0.2, 0) is 5.41 Å². The molecule has 0 bridgehead atoms. The van der Waals surface area contributed by atoms with Gasteiger partial charge in [0.05, 0.1) is 7.11 Å². The molecular weight excluding hydrogens is 360 g/mol. The van der Waals surface area contributed by atoms with Crippen molar-refractivity contribution >= 4 is 11.7 Å². The highest BCUT2D eigenvalue weighted by Crippen LogP contribution is 2.35. The van der Waals surface area contributed by atoms with E-state index < -0.39 is 5.41 Å². The number of hydrogen-bond acceptors (Lipinski definition) is 2. The number of benzene rings is 3. The fraction of sp³-hybridized carbons (Fsp3) is 0.160. The zero-order chi connectivity index (χ0) is 20.5. The molecule has 0 aliphatic carbocycles. The van der Waals surface area contributed by atoms with E-state index >= 15 is 0 Å². The maximum absolute atomic E-state index is 12.6. The van der Waals surface area contributed by atoms with E-state index in [1.165, 1.54) is 0 Å². The van der Waals surface area contributed by atoms with Crippen LogP contribution in [-0.4, -0.2) is 19.7 Å². The van der Waals surface area contributed by atoms with Crippen molar-refractivity contribution in [3.05, 3.63) is 109 Å². The number of methoxy groups -OCH3 is 1. The van der Waals surface area contributed by atoms with Crippen molar-refractivity contribution in [2.75, 3.05) is 19.0 Å². The molecule has 0 aromatic heterocycles. The zero-order valence-electron chi connectivity index (χ0n) is 16.6. The van der Waals surface area contributed by atoms with E-state index in [1.807, 2.05) is 66.7 Å². The summed E-state index contributed by atoms with van der Waals surface area (Å²) in [6, 6.07) is 27.5. The highest BCUT2D eigenvalue weighted by atomic mass is 16.5. The van der Waals surface area contributed by atoms with Crippen molar-refractivity contribution < 1.29 is 9.53 Å². The lowest BCUT2D eigenvalue weighted by molar-refractivity contribution is 0.250. The number of ether oxygens (including phenoxy) is 1. The number of amides is 2. The SMILES string of the molecule is C=CCC(CNC(=O)Nc1ccc(OC)cc1)(c1ccccc1)c1ccccc1. The number of carbonyl (C=O) groups excluding carboxylic acids is 1. The number of hydrogen-bond donors (Lipinski definition) is 2. The molecule has 0 fully saturated rings. The first kappa shape index (κ1) is 20.2. The average molecular weight is 386 g/mol. The van der Waals surface area contributed by atoms with Crippen molar-refractivity contribution in [2.24, 2.45) is 0 Å². The topological polar surface area (TPSA) is 50.4 Å². The van der Waals surface area contributed by atoms with Gasteiger partial charge in [0.1, 0.15) is 5.75 Å². The number of rotatable bonds is 8. The first-order valence-electron chi connectivity index (χ1n) is 9.59. The maximum atomic E-state index is 12.6. The van der Waals surface area contributed by atoms with Crippen molar-refractivity contribution in [1.29, 1.82) is 0 Å². The summed E-state index contributed by atoms with van der Waals surface area (Å²) in [4.78, 5) is 12.6. The van der Waals surface area contributed by atoms with Crippen LogP contribution in [0.1, 0.15) is 17.5 Å². The fourth-order valence-electron chi connectivity index (χ4n) is 3.52. The molecule has 4 heteroatoms. The number of urea groups is 1. The lowest BCUT2D eigenvalue weighted by Crippen LogP contribution is -2.43. The van der Waals surface area contributed by atoms with E-state index in [-0.39, 0.29) is 6.03 Å². The molecule has 0 spiro atoms. The largest absolute Gasteiger partial charge is 0.497 e. The zero-order valence-corrected chi connectivity index (χ0v) is 16.6. The molecule has 3 aromatic rings. The molecule has 0 aliphatic rings. The molecule has 3 rings (SSSR count). The molecule has 0 atom stereocenters. The van der Waals surface area contributed by atoms with Gasteiger partial charge in [-0.15, -0.1) is 6.58 Å². The average Bonchev–Trinajstić information content (AvgIpc) is 2.78. The molecule has 0 unspecified atom stereocenters. The van der Waals surface area contributed by atoms with Crippen LogP contribution in [0, 0.1) is 0 Å². The Morgan fingerprint density at radius 3 is 1.97 bits per heavy atom. The van der Waals surface area contributed by atoms with Crippen LogP contribution in [0.4, 0.5) is 10.5 Å². The molecule has 2 amide bonds. The van der Waals surface area contributed by atoms with Crippen LogP contribution in [0.15, 0.2) is 97.6 Å². The van der Waals surface area contributed by atoms with Gasteiger partial charge in [0, 0.05) is 17.6 Å². The fourth-order valence-corrected chi connectivity index (χ4v) is 3.52. The van der Waals surface area contributed by atoms with Gasteiger partial charge in [0.15, 0.2) is 0 Å². The molecule has 0 saturated carbocycles. The van der Waals surface area contributed by atoms with Crippen LogP contribution in [0.2, 0.25) is 0 Å². The Bertz CT molecular complexity index is 883. The van der Waals surface area contributed by atoms with Crippen molar-refractivity contribution in [1.82, 2.24) is 5.32 Å². The normalized spacial score (nSPS) is 10.8. The van der Waals surface area contributed by atoms with Crippen molar-refractivity contribution in [3.8, 4) is 5.75 Å². The second-order valence-corrected chi connectivity index (χ2v) is 6.84. The second-order valence-electron chi connectivity index (χ2n) is 6.84. The second kappa shape index (κ2) is 9.60. The van der Waals surface area contributed by atoms with Crippen molar-refractivity contribution in [2.45, 2.75) is 11.8 Å². The maximum Gasteiger partial charge on any atom is 0.319 e. The number of nitrogens with one attached hydrogen (secondary N) is 2. The summed E-state index contributed by atoms with van der Waals surface area (Å²) >= 11 is 0.